The van der Waals surface area contributed by atoms with Crippen LogP contribution in [0.3, 0.4) is 0 Å². The van der Waals surface area contributed by atoms with Gasteiger partial charge in [0.2, 0.25) is 6.41 Å². The number of aliphatic hydroxyl groups excluding tert-OH is 1. The van der Waals surface area contributed by atoms with Gasteiger partial charge in [0.1, 0.15) is 6.61 Å². The number of nitrogens with two attached hydrogens (primary N) is 1. The summed E-state index contributed by atoms with van der Waals surface area (Å²) in [5.74, 6) is 1.17. The molecule has 0 aromatic carbocycles. The van der Waals surface area contributed by atoms with Gasteiger partial charge < -0.3 is 14.7 Å². The Morgan fingerprint density at radius 3 is 2.50 bits per heavy atom. The van der Waals surface area contributed by atoms with Gasteiger partial charge in [-0.05, 0) is 0 Å². The first-order valence-corrected chi connectivity index (χ1v) is 6.18. The van der Waals surface area contributed by atoms with Gasteiger partial charge in [-0.1, -0.05) is 21.6 Å². The maximum absolute atomic E-state index is 9.72. The van der Waals surface area contributed by atoms with E-state index in [4.69, 9.17) is 10.8 Å². The Bertz CT molecular complexity index is 159. The number of nitrogens with zero attached hydrogens (tertiary/aromatic N) is 1. The van der Waals surface area contributed by atoms with E-state index in [1.54, 1.807) is 0 Å². The Morgan fingerprint density at radius 2 is 2.00 bits per heavy atom. The SMILES string of the molecule is NC(O)OCCSSCCO[N+](=O)[O-]. The average Bonchev–Trinajstić information content (AvgIpc) is 2.08. The van der Waals surface area contributed by atoms with E-state index >= 15 is 0 Å². The van der Waals surface area contributed by atoms with Crippen LogP contribution in [0.25, 0.3) is 0 Å². The predicted molar refractivity (Wildman–Crippen MR) is 54.0 cm³/mol. The molecule has 14 heavy (non-hydrogen) atoms. The van der Waals surface area contributed by atoms with Crippen LogP contribution in [-0.2, 0) is 9.57 Å². The fraction of sp³-hybridized carbons (Fsp3) is 1.00. The zero-order valence-electron chi connectivity index (χ0n) is 7.33. The van der Waals surface area contributed by atoms with Gasteiger partial charge in [0.05, 0.1) is 6.61 Å². The van der Waals surface area contributed by atoms with E-state index in [9.17, 15) is 10.1 Å². The van der Waals surface area contributed by atoms with E-state index in [0.717, 1.165) is 0 Å². The molecule has 1 unspecified atom stereocenters. The minimum Gasteiger partial charge on any atom is -0.356 e. The highest BCUT2D eigenvalue weighted by Crippen LogP contribution is 2.20. The first kappa shape index (κ1) is 13.8. The molecule has 0 heterocycles. The molecular formula is C5H12N2O5S2. The average molecular weight is 244 g/mol. The van der Waals surface area contributed by atoms with Crippen LogP contribution in [0, 0.1) is 10.1 Å². The van der Waals surface area contributed by atoms with Gasteiger partial charge >= 0.3 is 0 Å². The Balaban J connectivity index is 2.96. The van der Waals surface area contributed by atoms with Crippen LogP contribution >= 0.6 is 21.6 Å². The zero-order chi connectivity index (χ0) is 10.8. The summed E-state index contributed by atoms with van der Waals surface area (Å²) in [5.41, 5.74) is 4.91. The zero-order valence-corrected chi connectivity index (χ0v) is 8.96. The normalized spacial score (nSPS) is 12.4. The number of rotatable bonds is 9. The molecule has 0 saturated carbocycles. The molecule has 0 amide bonds. The monoisotopic (exact) mass is 244 g/mol. The minimum atomic E-state index is -1.24. The predicted octanol–water partition coefficient (Wildman–Crippen LogP) is -0.173. The summed E-state index contributed by atoms with van der Waals surface area (Å²) in [7, 11) is 2.90. The van der Waals surface area contributed by atoms with Gasteiger partial charge in [0.15, 0.2) is 0 Å². The van der Waals surface area contributed by atoms with Crippen molar-refractivity contribution in [3.63, 3.8) is 0 Å². The van der Waals surface area contributed by atoms with Crippen molar-refractivity contribution in [2.75, 3.05) is 24.7 Å². The van der Waals surface area contributed by atoms with Crippen molar-refractivity contribution in [1.82, 2.24) is 0 Å². The molecule has 0 aliphatic carbocycles. The van der Waals surface area contributed by atoms with Gasteiger partial charge in [-0.3, -0.25) is 5.73 Å². The van der Waals surface area contributed by atoms with Crippen LogP contribution < -0.4 is 5.73 Å². The van der Waals surface area contributed by atoms with Crippen molar-refractivity contribution >= 4 is 21.6 Å². The third-order valence-corrected chi connectivity index (χ3v) is 3.24. The highest BCUT2D eigenvalue weighted by molar-refractivity contribution is 8.76. The molecule has 0 fully saturated rings. The Hall–Kier alpha value is -0.220. The van der Waals surface area contributed by atoms with Crippen LogP contribution in [0.15, 0.2) is 0 Å². The molecule has 0 aliphatic heterocycles. The maximum Gasteiger partial charge on any atom is 0.294 e. The second-order valence-electron chi connectivity index (χ2n) is 1.96. The van der Waals surface area contributed by atoms with Crippen LogP contribution in [-0.4, -0.2) is 41.3 Å². The second-order valence-corrected chi connectivity index (χ2v) is 4.66. The first-order valence-electron chi connectivity index (χ1n) is 3.70. The van der Waals surface area contributed by atoms with Gasteiger partial charge in [-0.15, -0.1) is 10.1 Å². The lowest BCUT2D eigenvalue weighted by Crippen LogP contribution is -2.23. The van der Waals surface area contributed by atoms with E-state index in [1.807, 2.05) is 0 Å². The van der Waals surface area contributed by atoms with Crippen molar-refractivity contribution in [3.8, 4) is 0 Å². The molecule has 0 bridgehead atoms. The molecule has 0 rings (SSSR count). The number of ether oxygens (including phenoxy) is 1. The van der Waals surface area contributed by atoms with Gasteiger partial charge in [0, 0.05) is 11.5 Å². The number of hydrogen-bond acceptors (Lipinski definition) is 8. The van der Waals surface area contributed by atoms with Crippen molar-refractivity contribution in [1.29, 1.82) is 0 Å². The van der Waals surface area contributed by atoms with E-state index in [1.165, 1.54) is 21.6 Å². The smallest absolute Gasteiger partial charge is 0.294 e. The summed E-state index contributed by atoms with van der Waals surface area (Å²) in [6.07, 6.45) is -1.24. The van der Waals surface area contributed by atoms with E-state index in [2.05, 4.69) is 9.57 Å². The molecule has 1 atom stereocenters. The van der Waals surface area contributed by atoms with Gasteiger partial charge in [-0.25, -0.2) is 0 Å². The quantitative estimate of drug-likeness (QED) is 0.189. The molecule has 0 radical (unpaired) electrons. The Labute approximate surface area is 88.8 Å². The Morgan fingerprint density at radius 1 is 1.43 bits per heavy atom. The van der Waals surface area contributed by atoms with E-state index in [0.29, 0.717) is 18.1 Å². The molecule has 3 N–H and O–H groups in total. The van der Waals surface area contributed by atoms with E-state index in [-0.39, 0.29) is 6.61 Å². The fourth-order valence-electron chi connectivity index (χ4n) is 0.467. The summed E-state index contributed by atoms with van der Waals surface area (Å²) >= 11 is 0. The number of hydrogen-bond donors (Lipinski definition) is 2. The highest BCUT2D eigenvalue weighted by Gasteiger charge is 1.97. The van der Waals surface area contributed by atoms with Crippen molar-refractivity contribution in [3.05, 3.63) is 10.1 Å². The summed E-state index contributed by atoms with van der Waals surface area (Å²) in [5, 5.41) is 17.4. The minimum absolute atomic E-state index is 0.0744. The third-order valence-electron chi connectivity index (χ3n) is 0.902. The summed E-state index contributed by atoms with van der Waals surface area (Å²) in [6.45, 7) is 0.413. The summed E-state index contributed by atoms with van der Waals surface area (Å²) < 4.78 is 4.65. The molecular weight excluding hydrogens is 232 g/mol. The summed E-state index contributed by atoms with van der Waals surface area (Å²) in [4.78, 5) is 13.8. The van der Waals surface area contributed by atoms with Crippen LogP contribution in [0.5, 0.6) is 0 Å². The van der Waals surface area contributed by atoms with Crippen molar-refractivity contribution in [2.24, 2.45) is 5.73 Å². The third kappa shape index (κ3) is 11.8. The lowest BCUT2D eigenvalue weighted by atomic mass is 10.8. The molecule has 0 aromatic heterocycles. The van der Waals surface area contributed by atoms with Crippen LogP contribution in [0.2, 0.25) is 0 Å². The standard InChI is InChI=1S/C5H12N2O5S2/c6-5(8)11-1-3-13-14-4-2-12-7(9)10/h5,8H,1-4,6H2. The molecule has 0 spiro atoms. The first-order chi connectivity index (χ1) is 6.63. The van der Waals surface area contributed by atoms with Crippen molar-refractivity contribution < 1.29 is 19.8 Å². The largest absolute Gasteiger partial charge is 0.356 e. The van der Waals surface area contributed by atoms with Gasteiger partial charge in [-0.2, -0.15) is 0 Å². The van der Waals surface area contributed by atoms with Crippen molar-refractivity contribution in [2.45, 2.75) is 6.41 Å². The fourth-order valence-corrected chi connectivity index (χ4v) is 2.12. The topological polar surface area (TPSA) is 108 Å². The van der Waals surface area contributed by atoms with Gasteiger partial charge in [0.25, 0.3) is 5.09 Å². The lowest BCUT2D eigenvalue weighted by Gasteiger charge is -2.05. The Kier molecular flexibility index (Phi) is 9.19. The molecule has 9 heteroatoms. The molecule has 7 nitrogen and oxygen atoms in total. The van der Waals surface area contributed by atoms with Crippen LogP contribution in [0.4, 0.5) is 0 Å². The molecule has 0 saturated heterocycles. The van der Waals surface area contributed by atoms with E-state index < -0.39 is 11.5 Å². The van der Waals surface area contributed by atoms with Crippen LogP contribution in [0.1, 0.15) is 0 Å². The lowest BCUT2D eigenvalue weighted by molar-refractivity contribution is -0.756. The maximum atomic E-state index is 9.72. The molecule has 0 aromatic rings. The number of aliphatic hydroxyl groups is 1. The second kappa shape index (κ2) is 9.34. The molecule has 84 valence electrons. The molecule has 0 aliphatic rings. The highest BCUT2D eigenvalue weighted by atomic mass is 33.1. The summed E-state index contributed by atoms with van der Waals surface area (Å²) in [6, 6.07) is 0.